The number of carbonyl (C=O) groups is 1. The summed E-state index contributed by atoms with van der Waals surface area (Å²) in [5.41, 5.74) is 2.71. The van der Waals surface area contributed by atoms with Crippen LogP contribution in [0.2, 0.25) is 0 Å². The molecule has 1 aromatic carbocycles. The van der Waals surface area contributed by atoms with E-state index in [1.54, 1.807) is 0 Å². The summed E-state index contributed by atoms with van der Waals surface area (Å²) < 4.78 is 0. The van der Waals surface area contributed by atoms with Gasteiger partial charge in [-0.3, -0.25) is 4.79 Å². The van der Waals surface area contributed by atoms with Gasteiger partial charge in [0, 0.05) is 12.5 Å². The van der Waals surface area contributed by atoms with E-state index < -0.39 is 0 Å². The molecule has 2 atom stereocenters. The van der Waals surface area contributed by atoms with Crippen LogP contribution in [0.25, 0.3) is 0 Å². The van der Waals surface area contributed by atoms with Gasteiger partial charge in [-0.15, -0.1) is 0 Å². The van der Waals surface area contributed by atoms with E-state index in [9.17, 15) is 4.79 Å². The molecule has 0 heterocycles. The predicted molar refractivity (Wildman–Crippen MR) is 141 cm³/mol. The summed E-state index contributed by atoms with van der Waals surface area (Å²) in [5.74, 6) is 1.14. The van der Waals surface area contributed by atoms with Crippen LogP contribution in [0.5, 0.6) is 0 Å². The predicted octanol–water partition coefficient (Wildman–Crippen LogP) is 9.32. The van der Waals surface area contributed by atoms with Gasteiger partial charge in [-0.05, 0) is 42.7 Å². The quantitative estimate of drug-likeness (QED) is 0.200. The van der Waals surface area contributed by atoms with Gasteiger partial charge in [0.1, 0.15) is 0 Å². The van der Waals surface area contributed by atoms with Crippen LogP contribution in [0, 0.1) is 5.92 Å². The summed E-state index contributed by atoms with van der Waals surface area (Å²) >= 11 is 0. The minimum atomic E-state index is 0.188. The number of rotatable bonds is 20. The van der Waals surface area contributed by atoms with Crippen LogP contribution in [0.15, 0.2) is 24.3 Å². The van der Waals surface area contributed by atoms with E-state index in [0.717, 1.165) is 25.7 Å². The molecule has 2 unspecified atom stereocenters. The maximum absolute atomic E-state index is 12.8. The Bertz CT molecular complexity index is 565. The van der Waals surface area contributed by atoms with Crippen LogP contribution in [0.1, 0.15) is 147 Å². The van der Waals surface area contributed by atoms with Gasteiger partial charge < -0.3 is 5.32 Å². The van der Waals surface area contributed by atoms with Gasteiger partial charge in [-0.1, -0.05) is 129 Å². The maximum atomic E-state index is 12.8. The molecule has 1 rings (SSSR count). The number of benzene rings is 1. The normalized spacial score (nSPS) is 13.1. The lowest BCUT2D eigenvalue weighted by atomic mass is 9.88. The maximum Gasteiger partial charge on any atom is 0.223 e. The largest absolute Gasteiger partial charge is 0.352 e. The minimum absolute atomic E-state index is 0.188. The summed E-state index contributed by atoms with van der Waals surface area (Å²) in [5, 5.41) is 3.24. The summed E-state index contributed by atoms with van der Waals surface area (Å²) in [6.07, 6.45) is 19.9. The van der Waals surface area contributed by atoms with Gasteiger partial charge in [0.25, 0.3) is 0 Å². The van der Waals surface area contributed by atoms with E-state index in [1.165, 1.54) is 88.2 Å². The highest BCUT2D eigenvalue weighted by Gasteiger charge is 2.17. The van der Waals surface area contributed by atoms with Crippen molar-refractivity contribution in [2.45, 2.75) is 143 Å². The SMILES string of the molecule is CCCCCCC(CCCC)C(=O)NCc1ccc(C(CCCC)CCCCCC)cc1. The van der Waals surface area contributed by atoms with Crippen LogP contribution in [0.3, 0.4) is 0 Å². The Labute approximate surface area is 200 Å². The third-order valence-corrected chi connectivity index (χ3v) is 6.91. The van der Waals surface area contributed by atoms with Gasteiger partial charge in [-0.2, -0.15) is 0 Å². The van der Waals surface area contributed by atoms with Crippen LogP contribution < -0.4 is 5.32 Å². The molecule has 0 bridgehead atoms. The summed E-state index contributed by atoms with van der Waals surface area (Å²) in [7, 11) is 0. The average Bonchev–Trinajstić information content (AvgIpc) is 2.82. The Balaban J connectivity index is 2.58. The molecule has 1 aromatic rings. The van der Waals surface area contributed by atoms with E-state index in [4.69, 9.17) is 0 Å². The van der Waals surface area contributed by atoms with Crippen molar-refractivity contribution in [2.75, 3.05) is 0 Å². The number of hydrogen-bond acceptors (Lipinski definition) is 1. The van der Waals surface area contributed by atoms with Gasteiger partial charge in [-0.25, -0.2) is 0 Å². The second-order valence-electron chi connectivity index (χ2n) is 9.84. The van der Waals surface area contributed by atoms with Crippen molar-refractivity contribution >= 4 is 5.91 Å². The molecule has 2 heteroatoms. The number of hydrogen-bond donors (Lipinski definition) is 1. The van der Waals surface area contributed by atoms with Crippen molar-refractivity contribution in [3.63, 3.8) is 0 Å². The standard InChI is InChI=1S/C30H53NO/c1-5-9-13-15-19-27(17-11-7-3)28-23-21-26(22-24-28)25-31-30(32)29(18-12-8-4)20-16-14-10-6-2/h21-24,27,29H,5-20,25H2,1-4H3,(H,31,32). The molecule has 184 valence electrons. The van der Waals surface area contributed by atoms with Gasteiger partial charge in [0.05, 0.1) is 0 Å². The van der Waals surface area contributed by atoms with E-state index in [2.05, 4.69) is 57.3 Å². The Morgan fingerprint density at radius 2 is 1.16 bits per heavy atom. The zero-order chi connectivity index (χ0) is 23.4. The molecular formula is C30H53NO. The number of nitrogens with one attached hydrogen (secondary N) is 1. The molecule has 0 spiro atoms. The van der Waals surface area contributed by atoms with Crippen molar-refractivity contribution in [3.05, 3.63) is 35.4 Å². The third kappa shape index (κ3) is 12.7. The first kappa shape index (κ1) is 28.7. The van der Waals surface area contributed by atoms with Crippen molar-refractivity contribution in [2.24, 2.45) is 5.92 Å². The van der Waals surface area contributed by atoms with Crippen molar-refractivity contribution in [3.8, 4) is 0 Å². The van der Waals surface area contributed by atoms with Crippen molar-refractivity contribution in [1.82, 2.24) is 5.32 Å². The highest BCUT2D eigenvalue weighted by atomic mass is 16.1. The van der Waals surface area contributed by atoms with E-state index in [0.29, 0.717) is 12.5 Å². The number of carbonyl (C=O) groups excluding carboxylic acids is 1. The fourth-order valence-electron chi connectivity index (χ4n) is 4.66. The zero-order valence-electron chi connectivity index (χ0n) is 21.9. The summed E-state index contributed by atoms with van der Waals surface area (Å²) in [4.78, 5) is 12.8. The Morgan fingerprint density at radius 3 is 1.75 bits per heavy atom. The Hall–Kier alpha value is -1.31. The Morgan fingerprint density at radius 1 is 0.656 bits per heavy atom. The molecule has 1 amide bonds. The highest BCUT2D eigenvalue weighted by molar-refractivity contribution is 5.78. The topological polar surface area (TPSA) is 29.1 Å². The molecule has 0 aliphatic carbocycles. The minimum Gasteiger partial charge on any atom is -0.352 e. The molecule has 1 N–H and O–H groups in total. The first-order valence-electron chi connectivity index (χ1n) is 14.0. The van der Waals surface area contributed by atoms with Crippen LogP contribution in [0.4, 0.5) is 0 Å². The van der Waals surface area contributed by atoms with E-state index in [-0.39, 0.29) is 11.8 Å². The molecular weight excluding hydrogens is 390 g/mol. The summed E-state index contributed by atoms with van der Waals surface area (Å²) in [6.45, 7) is 9.69. The monoisotopic (exact) mass is 443 g/mol. The first-order chi connectivity index (χ1) is 15.7. The number of amides is 1. The third-order valence-electron chi connectivity index (χ3n) is 6.91. The van der Waals surface area contributed by atoms with Crippen LogP contribution in [-0.2, 0) is 11.3 Å². The molecule has 32 heavy (non-hydrogen) atoms. The second kappa shape index (κ2) is 19.2. The average molecular weight is 444 g/mol. The first-order valence-corrected chi connectivity index (χ1v) is 14.0. The lowest BCUT2D eigenvalue weighted by Crippen LogP contribution is -2.30. The molecule has 0 radical (unpaired) electrons. The van der Waals surface area contributed by atoms with E-state index in [1.807, 2.05) is 0 Å². The lowest BCUT2D eigenvalue weighted by Gasteiger charge is -2.19. The Kier molecular flexibility index (Phi) is 17.2. The fourth-order valence-corrected chi connectivity index (χ4v) is 4.66. The van der Waals surface area contributed by atoms with Gasteiger partial charge >= 0.3 is 0 Å². The fraction of sp³-hybridized carbons (Fsp3) is 0.767. The molecule has 0 aliphatic rings. The molecule has 0 aliphatic heterocycles. The van der Waals surface area contributed by atoms with Crippen molar-refractivity contribution in [1.29, 1.82) is 0 Å². The molecule has 0 aromatic heterocycles. The lowest BCUT2D eigenvalue weighted by molar-refractivity contribution is -0.125. The van der Waals surface area contributed by atoms with Gasteiger partial charge in [0.2, 0.25) is 5.91 Å². The number of unbranched alkanes of at least 4 members (excludes halogenated alkanes) is 8. The van der Waals surface area contributed by atoms with Crippen LogP contribution >= 0.6 is 0 Å². The van der Waals surface area contributed by atoms with Crippen LogP contribution in [-0.4, -0.2) is 5.91 Å². The molecule has 2 nitrogen and oxygen atoms in total. The zero-order valence-corrected chi connectivity index (χ0v) is 21.9. The highest BCUT2D eigenvalue weighted by Crippen LogP contribution is 2.28. The van der Waals surface area contributed by atoms with Crippen molar-refractivity contribution < 1.29 is 4.79 Å². The second-order valence-corrected chi connectivity index (χ2v) is 9.84. The summed E-state index contributed by atoms with van der Waals surface area (Å²) in [6, 6.07) is 9.12. The smallest absolute Gasteiger partial charge is 0.223 e. The molecule has 0 fully saturated rings. The molecule has 0 saturated carbocycles. The van der Waals surface area contributed by atoms with E-state index >= 15 is 0 Å². The van der Waals surface area contributed by atoms with Gasteiger partial charge in [0.15, 0.2) is 0 Å². The molecule has 0 saturated heterocycles.